The lowest BCUT2D eigenvalue weighted by Gasteiger charge is -2.30. The number of hydrogen-bond acceptors (Lipinski definition) is 4. The van der Waals surface area contributed by atoms with Crippen molar-refractivity contribution in [3.63, 3.8) is 0 Å². The van der Waals surface area contributed by atoms with E-state index < -0.39 is 39.3 Å². The average molecular weight is 336 g/mol. The van der Waals surface area contributed by atoms with Crippen molar-refractivity contribution in [2.75, 3.05) is 12.8 Å². The van der Waals surface area contributed by atoms with Gasteiger partial charge in [0.1, 0.15) is 6.04 Å². The molecule has 130 valence electrons. The zero-order chi connectivity index (χ0) is 17.7. The van der Waals surface area contributed by atoms with E-state index in [1.54, 1.807) is 20.8 Å². The van der Waals surface area contributed by atoms with Crippen LogP contribution in [-0.2, 0) is 19.6 Å². The lowest BCUT2D eigenvalue weighted by molar-refractivity contribution is -0.142. The van der Waals surface area contributed by atoms with Gasteiger partial charge in [-0.25, -0.2) is 13.1 Å². The van der Waals surface area contributed by atoms with E-state index in [9.17, 15) is 18.0 Å². The smallest absolute Gasteiger partial charge is 0.308 e. The molecule has 0 aliphatic heterocycles. The molecule has 0 aromatic carbocycles. The Labute approximate surface area is 132 Å². The van der Waals surface area contributed by atoms with Gasteiger partial charge in [-0.2, -0.15) is 0 Å². The van der Waals surface area contributed by atoms with Crippen molar-refractivity contribution in [1.29, 1.82) is 0 Å². The highest BCUT2D eigenvalue weighted by Gasteiger charge is 2.34. The predicted molar refractivity (Wildman–Crippen MR) is 84.8 cm³/mol. The van der Waals surface area contributed by atoms with E-state index in [1.807, 2.05) is 13.8 Å². The highest BCUT2D eigenvalue weighted by Crippen LogP contribution is 2.20. The van der Waals surface area contributed by atoms with Crippen molar-refractivity contribution in [3.8, 4) is 0 Å². The van der Waals surface area contributed by atoms with Crippen LogP contribution in [0.2, 0.25) is 0 Å². The molecule has 0 aliphatic carbocycles. The number of carbonyl (C=O) groups excluding carboxylic acids is 1. The average Bonchev–Trinajstić information content (AvgIpc) is 2.27. The first-order valence-electron chi connectivity index (χ1n) is 7.22. The van der Waals surface area contributed by atoms with Crippen molar-refractivity contribution >= 4 is 21.9 Å². The third kappa shape index (κ3) is 8.33. The predicted octanol–water partition coefficient (Wildman–Crippen LogP) is 0.813. The normalized spacial score (nSPS) is 15.4. The Kier molecular flexibility index (Phi) is 7.50. The van der Waals surface area contributed by atoms with E-state index in [2.05, 4.69) is 10.0 Å². The van der Waals surface area contributed by atoms with Crippen LogP contribution in [0.25, 0.3) is 0 Å². The molecule has 2 atom stereocenters. The maximum atomic E-state index is 12.2. The van der Waals surface area contributed by atoms with Gasteiger partial charge < -0.3 is 10.4 Å². The van der Waals surface area contributed by atoms with E-state index in [1.165, 1.54) is 0 Å². The fourth-order valence-electron chi connectivity index (χ4n) is 2.00. The van der Waals surface area contributed by atoms with Crippen LogP contribution in [-0.4, -0.2) is 44.2 Å². The van der Waals surface area contributed by atoms with Gasteiger partial charge in [0.05, 0.1) is 12.2 Å². The Morgan fingerprint density at radius 3 is 2.00 bits per heavy atom. The molecule has 0 aromatic rings. The molecule has 3 N–H and O–H groups in total. The van der Waals surface area contributed by atoms with E-state index in [-0.39, 0.29) is 12.5 Å². The second kappa shape index (κ2) is 7.92. The summed E-state index contributed by atoms with van der Waals surface area (Å²) < 4.78 is 25.1. The molecule has 1 amide bonds. The monoisotopic (exact) mass is 336 g/mol. The Hall–Kier alpha value is -1.15. The minimum atomic E-state index is -3.55. The van der Waals surface area contributed by atoms with Gasteiger partial charge in [0.25, 0.3) is 0 Å². The molecule has 8 heteroatoms. The second-order valence-electron chi connectivity index (χ2n) is 7.10. The molecule has 0 heterocycles. The molecule has 7 nitrogen and oxygen atoms in total. The maximum absolute atomic E-state index is 12.2. The molecule has 0 aromatic heterocycles. The topological polar surface area (TPSA) is 113 Å². The summed E-state index contributed by atoms with van der Waals surface area (Å²) in [6.07, 6.45) is 1.42. The number of aliphatic carboxylic acids is 1. The van der Waals surface area contributed by atoms with Crippen LogP contribution >= 0.6 is 0 Å². The Balaban J connectivity index is 4.93. The summed E-state index contributed by atoms with van der Waals surface area (Å²) in [5.41, 5.74) is -0.635. The summed E-state index contributed by atoms with van der Waals surface area (Å²) in [6, 6.07) is -0.962. The van der Waals surface area contributed by atoms with Gasteiger partial charge in [0.15, 0.2) is 0 Å². The maximum Gasteiger partial charge on any atom is 0.308 e. The van der Waals surface area contributed by atoms with E-state index in [0.29, 0.717) is 6.42 Å². The highest BCUT2D eigenvalue weighted by atomic mass is 32.2. The third-order valence-corrected chi connectivity index (χ3v) is 3.75. The molecule has 0 radical (unpaired) electrons. The molecule has 0 saturated heterocycles. The number of carbonyl (C=O) groups is 2. The van der Waals surface area contributed by atoms with Gasteiger partial charge in [-0.05, 0) is 17.8 Å². The molecular formula is C14H28N2O5S. The lowest BCUT2D eigenvalue weighted by Crippen LogP contribution is -2.54. The van der Waals surface area contributed by atoms with E-state index in [4.69, 9.17) is 5.11 Å². The van der Waals surface area contributed by atoms with Crippen LogP contribution in [0, 0.1) is 17.3 Å². The van der Waals surface area contributed by atoms with Crippen molar-refractivity contribution in [2.24, 2.45) is 17.3 Å². The Bertz CT molecular complexity index is 494. The number of nitrogens with one attached hydrogen (secondary N) is 2. The van der Waals surface area contributed by atoms with Gasteiger partial charge in [-0.3, -0.25) is 9.59 Å². The summed E-state index contributed by atoms with van der Waals surface area (Å²) in [5, 5.41) is 11.7. The first-order chi connectivity index (χ1) is 9.74. The quantitative estimate of drug-likeness (QED) is 0.607. The summed E-state index contributed by atoms with van der Waals surface area (Å²) in [4.78, 5) is 23.4. The molecule has 22 heavy (non-hydrogen) atoms. The van der Waals surface area contributed by atoms with Crippen LogP contribution in [0.1, 0.15) is 41.0 Å². The molecule has 2 unspecified atom stereocenters. The van der Waals surface area contributed by atoms with Crippen LogP contribution in [0.5, 0.6) is 0 Å². The summed E-state index contributed by atoms with van der Waals surface area (Å²) in [7, 11) is -3.55. The number of sulfonamides is 1. The highest BCUT2D eigenvalue weighted by molar-refractivity contribution is 7.88. The minimum absolute atomic E-state index is 0.0234. The van der Waals surface area contributed by atoms with Crippen LogP contribution in [0.3, 0.4) is 0 Å². The second-order valence-corrected chi connectivity index (χ2v) is 8.88. The molecular weight excluding hydrogens is 308 g/mol. The number of carboxylic acid groups (broad SMARTS) is 1. The van der Waals surface area contributed by atoms with Gasteiger partial charge in [-0.1, -0.05) is 34.6 Å². The number of hydrogen-bond donors (Lipinski definition) is 3. The van der Waals surface area contributed by atoms with Gasteiger partial charge in [0, 0.05) is 6.54 Å². The fraction of sp³-hybridized carbons (Fsp3) is 0.857. The van der Waals surface area contributed by atoms with Gasteiger partial charge in [0.2, 0.25) is 15.9 Å². The molecule has 0 aliphatic rings. The number of amides is 1. The Morgan fingerprint density at radius 1 is 1.18 bits per heavy atom. The fourth-order valence-corrected chi connectivity index (χ4v) is 2.89. The van der Waals surface area contributed by atoms with Crippen LogP contribution < -0.4 is 10.0 Å². The van der Waals surface area contributed by atoms with E-state index >= 15 is 0 Å². The van der Waals surface area contributed by atoms with Crippen LogP contribution in [0.4, 0.5) is 0 Å². The van der Waals surface area contributed by atoms with Gasteiger partial charge >= 0.3 is 5.97 Å². The first-order valence-corrected chi connectivity index (χ1v) is 9.11. The molecule has 0 fully saturated rings. The molecule has 0 spiro atoms. The molecule has 0 saturated carbocycles. The standard InChI is InChI=1S/C14H28N2O5S/c1-9(2)7-10(13(18)19)8-15-12(17)11(14(3,4)5)16-22(6,20)21/h9-11,16H,7-8H2,1-6H3,(H,15,17)(H,18,19). The minimum Gasteiger partial charge on any atom is -0.481 e. The van der Waals surface area contributed by atoms with Crippen molar-refractivity contribution in [3.05, 3.63) is 0 Å². The Morgan fingerprint density at radius 2 is 1.68 bits per heavy atom. The summed E-state index contributed by atoms with van der Waals surface area (Å²) >= 11 is 0. The molecule has 0 rings (SSSR count). The van der Waals surface area contributed by atoms with Crippen molar-refractivity contribution < 1.29 is 23.1 Å². The number of carboxylic acids is 1. The third-order valence-electron chi connectivity index (χ3n) is 3.09. The SMILES string of the molecule is CC(C)CC(CNC(=O)C(NS(C)(=O)=O)C(C)(C)C)C(=O)O. The molecule has 0 bridgehead atoms. The lowest BCUT2D eigenvalue weighted by atomic mass is 9.86. The summed E-state index contributed by atoms with van der Waals surface area (Å²) in [5.74, 6) is -2.00. The van der Waals surface area contributed by atoms with Crippen molar-refractivity contribution in [1.82, 2.24) is 10.0 Å². The zero-order valence-corrected chi connectivity index (χ0v) is 15.0. The van der Waals surface area contributed by atoms with Gasteiger partial charge in [-0.15, -0.1) is 0 Å². The van der Waals surface area contributed by atoms with Crippen LogP contribution in [0.15, 0.2) is 0 Å². The van der Waals surface area contributed by atoms with Crippen molar-refractivity contribution in [2.45, 2.75) is 47.1 Å². The van der Waals surface area contributed by atoms with E-state index in [0.717, 1.165) is 6.26 Å². The largest absolute Gasteiger partial charge is 0.481 e. The number of rotatable bonds is 8. The summed E-state index contributed by atoms with van der Waals surface area (Å²) in [6.45, 7) is 8.99. The first kappa shape index (κ1) is 20.9. The zero-order valence-electron chi connectivity index (χ0n) is 14.1.